The molecule has 0 bridgehead atoms. The highest BCUT2D eigenvalue weighted by Gasteiger charge is 1.93. The summed E-state index contributed by atoms with van der Waals surface area (Å²) in [7, 11) is 0. The third-order valence-corrected chi connectivity index (χ3v) is 1.87. The molecular formula is C11H13N. The molecule has 0 aliphatic rings. The van der Waals surface area contributed by atoms with Gasteiger partial charge in [0.2, 0.25) is 0 Å². The second-order valence-electron chi connectivity index (χ2n) is 2.64. The minimum Gasteiger partial charge on any atom is -0.256 e. The van der Waals surface area contributed by atoms with Crippen LogP contribution >= 0.6 is 0 Å². The first-order chi connectivity index (χ1) is 5.38. The van der Waals surface area contributed by atoms with E-state index in [1.54, 1.807) is 0 Å². The first-order valence-electron chi connectivity index (χ1n) is 3.68. The summed E-state index contributed by atoms with van der Waals surface area (Å²) in [6.07, 6.45) is 1.84. The fourth-order valence-electron chi connectivity index (χ4n) is 1.24. The maximum absolute atomic E-state index is 4.24. The van der Waals surface area contributed by atoms with E-state index in [2.05, 4.69) is 18.0 Å². The van der Waals surface area contributed by atoms with Gasteiger partial charge in [-0.25, -0.2) is 0 Å². The Labute approximate surface area is 73.1 Å². The van der Waals surface area contributed by atoms with E-state index in [4.69, 9.17) is 0 Å². The lowest BCUT2D eigenvalue weighted by Crippen LogP contribution is -1.79. The van der Waals surface area contributed by atoms with Gasteiger partial charge in [0.15, 0.2) is 0 Å². The number of aromatic nitrogens is 1. The number of aryl methyl sites for hydroxylation is 1. The second-order valence-corrected chi connectivity index (χ2v) is 2.64. The molecule has 1 nitrogen and oxygen atoms in total. The Bertz CT molecular complexity index is 374. The lowest BCUT2D eigenvalue weighted by Gasteiger charge is -1.97. The first-order valence-corrected chi connectivity index (χ1v) is 3.68. The van der Waals surface area contributed by atoms with E-state index in [1.165, 1.54) is 10.9 Å². The average Bonchev–Trinajstić information content (AvgIpc) is 2.06. The predicted octanol–water partition coefficient (Wildman–Crippen LogP) is 3.18. The molecule has 0 atom stereocenters. The number of nitrogens with zero attached hydrogens (tertiary/aromatic N) is 1. The van der Waals surface area contributed by atoms with E-state index in [9.17, 15) is 0 Å². The molecule has 12 heavy (non-hydrogen) atoms. The minimum atomic E-state index is 0. The van der Waals surface area contributed by atoms with Crippen LogP contribution in [-0.4, -0.2) is 4.98 Å². The molecule has 0 aliphatic carbocycles. The molecule has 1 heterocycles. The van der Waals surface area contributed by atoms with Crippen molar-refractivity contribution in [2.45, 2.75) is 14.4 Å². The van der Waals surface area contributed by atoms with Crippen molar-refractivity contribution in [2.75, 3.05) is 0 Å². The molecule has 62 valence electrons. The van der Waals surface area contributed by atoms with Gasteiger partial charge >= 0.3 is 0 Å². The Balaban J connectivity index is 0.000000720. The molecule has 0 aliphatic heterocycles. The molecule has 0 amide bonds. The van der Waals surface area contributed by atoms with Crippen LogP contribution in [0.2, 0.25) is 0 Å². The third kappa shape index (κ3) is 1.30. The van der Waals surface area contributed by atoms with Gasteiger partial charge in [-0.2, -0.15) is 0 Å². The number of rotatable bonds is 0. The van der Waals surface area contributed by atoms with Crippen molar-refractivity contribution in [3.8, 4) is 0 Å². The Morgan fingerprint density at radius 2 is 1.83 bits per heavy atom. The summed E-state index contributed by atoms with van der Waals surface area (Å²) in [4.78, 5) is 4.24. The van der Waals surface area contributed by atoms with E-state index in [-0.39, 0.29) is 7.43 Å². The van der Waals surface area contributed by atoms with E-state index >= 15 is 0 Å². The topological polar surface area (TPSA) is 12.9 Å². The lowest BCUT2D eigenvalue weighted by molar-refractivity contribution is 1.37. The van der Waals surface area contributed by atoms with Crippen LogP contribution in [0.4, 0.5) is 0 Å². The Kier molecular flexibility index (Phi) is 2.44. The van der Waals surface area contributed by atoms with Gasteiger partial charge in [-0.1, -0.05) is 25.6 Å². The third-order valence-electron chi connectivity index (χ3n) is 1.87. The van der Waals surface area contributed by atoms with Gasteiger partial charge in [0, 0.05) is 11.6 Å². The van der Waals surface area contributed by atoms with E-state index in [1.807, 2.05) is 30.5 Å². The molecule has 1 aromatic carbocycles. The highest BCUT2D eigenvalue weighted by Crippen LogP contribution is 2.13. The summed E-state index contributed by atoms with van der Waals surface area (Å²) in [5.41, 5.74) is 2.36. The fraction of sp³-hybridized carbons (Fsp3) is 0.182. The Morgan fingerprint density at radius 1 is 1.08 bits per heavy atom. The molecule has 0 radical (unpaired) electrons. The van der Waals surface area contributed by atoms with Crippen molar-refractivity contribution < 1.29 is 0 Å². The number of para-hydroxylation sites is 1. The van der Waals surface area contributed by atoms with Crippen LogP contribution in [0.15, 0.2) is 36.5 Å². The average molecular weight is 159 g/mol. The first kappa shape index (κ1) is 8.72. The Hall–Kier alpha value is -1.37. The normalized spacial score (nSPS) is 9.42. The monoisotopic (exact) mass is 159 g/mol. The number of hydrogen-bond acceptors (Lipinski definition) is 1. The van der Waals surface area contributed by atoms with E-state index in [0.29, 0.717) is 0 Å². The van der Waals surface area contributed by atoms with Gasteiger partial charge < -0.3 is 0 Å². The molecule has 1 aromatic heterocycles. The van der Waals surface area contributed by atoms with Crippen molar-refractivity contribution >= 4 is 10.9 Å². The van der Waals surface area contributed by atoms with Crippen molar-refractivity contribution in [1.82, 2.24) is 4.98 Å². The highest BCUT2D eigenvalue weighted by molar-refractivity contribution is 5.81. The van der Waals surface area contributed by atoms with E-state index in [0.717, 1.165) is 5.52 Å². The summed E-state index contributed by atoms with van der Waals surface area (Å²) in [5.74, 6) is 0. The molecule has 2 rings (SSSR count). The SMILES string of the molecule is C.Cc1ccnc2ccccc12. The smallest absolute Gasteiger partial charge is 0.0704 e. The number of benzene rings is 1. The summed E-state index contributed by atoms with van der Waals surface area (Å²) in [5, 5.41) is 1.25. The molecule has 0 spiro atoms. The molecule has 0 saturated heterocycles. The molecule has 0 unspecified atom stereocenters. The molecule has 0 saturated carbocycles. The standard InChI is InChI=1S/C10H9N.CH4/c1-8-6-7-11-10-5-3-2-4-9(8)10;/h2-7H,1H3;1H4. The molecule has 1 heteroatoms. The predicted molar refractivity (Wildman–Crippen MR) is 53.2 cm³/mol. The molecule has 0 fully saturated rings. The van der Waals surface area contributed by atoms with Crippen LogP contribution in [0.5, 0.6) is 0 Å². The molecule has 0 N–H and O–H groups in total. The van der Waals surface area contributed by atoms with Gasteiger partial charge in [0.1, 0.15) is 0 Å². The van der Waals surface area contributed by atoms with Crippen molar-refractivity contribution in [3.63, 3.8) is 0 Å². The number of hydrogen-bond donors (Lipinski definition) is 0. The van der Waals surface area contributed by atoms with Crippen molar-refractivity contribution in [1.29, 1.82) is 0 Å². The molecular weight excluding hydrogens is 146 g/mol. The maximum atomic E-state index is 4.24. The zero-order chi connectivity index (χ0) is 7.68. The van der Waals surface area contributed by atoms with Gasteiger partial charge in [-0.3, -0.25) is 4.98 Å². The van der Waals surface area contributed by atoms with Crippen molar-refractivity contribution in [3.05, 3.63) is 42.1 Å². The molecule has 2 aromatic rings. The zero-order valence-corrected chi connectivity index (χ0v) is 6.41. The zero-order valence-electron chi connectivity index (χ0n) is 6.41. The van der Waals surface area contributed by atoms with Gasteiger partial charge in [-0.15, -0.1) is 0 Å². The van der Waals surface area contributed by atoms with E-state index < -0.39 is 0 Å². The summed E-state index contributed by atoms with van der Waals surface area (Å²) < 4.78 is 0. The van der Waals surface area contributed by atoms with Crippen LogP contribution in [0, 0.1) is 6.92 Å². The summed E-state index contributed by atoms with van der Waals surface area (Å²) in [6, 6.07) is 10.2. The minimum absolute atomic E-state index is 0. The van der Waals surface area contributed by atoms with Crippen LogP contribution < -0.4 is 0 Å². The van der Waals surface area contributed by atoms with Crippen LogP contribution in [0.1, 0.15) is 13.0 Å². The van der Waals surface area contributed by atoms with Crippen LogP contribution in [0.25, 0.3) is 10.9 Å². The van der Waals surface area contributed by atoms with Gasteiger partial charge in [0.05, 0.1) is 5.52 Å². The summed E-state index contributed by atoms with van der Waals surface area (Å²) in [6.45, 7) is 2.10. The van der Waals surface area contributed by atoms with Crippen molar-refractivity contribution in [2.24, 2.45) is 0 Å². The van der Waals surface area contributed by atoms with Gasteiger partial charge in [-0.05, 0) is 24.6 Å². The van der Waals surface area contributed by atoms with Gasteiger partial charge in [0.25, 0.3) is 0 Å². The second kappa shape index (κ2) is 3.35. The number of fused-ring (bicyclic) bond motifs is 1. The summed E-state index contributed by atoms with van der Waals surface area (Å²) >= 11 is 0. The largest absolute Gasteiger partial charge is 0.256 e. The Morgan fingerprint density at radius 3 is 2.58 bits per heavy atom. The lowest BCUT2D eigenvalue weighted by atomic mass is 10.1. The van der Waals surface area contributed by atoms with Crippen LogP contribution in [-0.2, 0) is 0 Å². The maximum Gasteiger partial charge on any atom is 0.0704 e. The highest BCUT2D eigenvalue weighted by atomic mass is 14.6. The number of pyridine rings is 1. The fourth-order valence-corrected chi connectivity index (χ4v) is 1.24. The quantitative estimate of drug-likeness (QED) is 0.575. The van der Waals surface area contributed by atoms with Crippen LogP contribution in [0.3, 0.4) is 0 Å².